The van der Waals surface area contributed by atoms with Gasteiger partial charge in [-0.3, -0.25) is 0 Å². The van der Waals surface area contributed by atoms with Crippen molar-refractivity contribution in [1.82, 2.24) is 14.7 Å². The first kappa shape index (κ1) is 40.3. The van der Waals surface area contributed by atoms with Crippen LogP contribution < -0.4 is 0 Å². The topological polar surface area (TPSA) is 37.4 Å². The summed E-state index contributed by atoms with van der Waals surface area (Å²) in [6, 6.07) is 0. The summed E-state index contributed by atoms with van der Waals surface area (Å²) in [4.78, 5) is 7.36. The van der Waals surface area contributed by atoms with E-state index in [0.29, 0.717) is 39.1 Å². The highest BCUT2D eigenvalue weighted by Crippen LogP contribution is 2.28. The molecule has 6 heterocycles. The van der Waals surface area contributed by atoms with Crippen LogP contribution in [0.2, 0.25) is 0 Å². The molecule has 12 atom stereocenters. The summed E-state index contributed by atoms with van der Waals surface area (Å²) in [5.41, 5.74) is 0. The molecule has 0 N–H and O–H groups in total. The lowest BCUT2D eigenvalue weighted by molar-refractivity contribution is -0.0757. The lowest BCUT2D eigenvalue weighted by atomic mass is 9.93. The third-order valence-corrected chi connectivity index (χ3v) is 12.2. The molecule has 0 radical (unpaired) electrons. The largest absolute Gasteiger partial charge is 0.376 e. The maximum Gasteiger partial charge on any atom is 0.107 e. The highest BCUT2D eigenvalue weighted by Gasteiger charge is 2.35. The maximum absolute atomic E-state index is 13.6. The van der Waals surface area contributed by atoms with Gasteiger partial charge in [0.05, 0.1) is 18.3 Å². The van der Waals surface area contributed by atoms with E-state index < -0.39 is 18.5 Å². The van der Waals surface area contributed by atoms with Crippen LogP contribution in [-0.2, 0) is 14.2 Å². The molecular formula is C39H72F3N3O3. The molecular weight excluding hydrogens is 615 g/mol. The second-order valence-electron chi connectivity index (χ2n) is 16.7. The van der Waals surface area contributed by atoms with Crippen LogP contribution >= 0.6 is 0 Å². The van der Waals surface area contributed by atoms with E-state index in [1.54, 1.807) is 0 Å². The summed E-state index contributed by atoms with van der Waals surface area (Å²) in [6.07, 6.45) is 7.90. The molecule has 0 amide bonds. The molecule has 0 aromatic rings. The molecule has 0 aromatic carbocycles. The number of likely N-dealkylation sites (tertiary alicyclic amines) is 3. The summed E-state index contributed by atoms with van der Waals surface area (Å²) >= 11 is 0. The Morgan fingerprint density at radius 3 is 0.958 bits per heavy atom. The average Bonchev–Trinajstić information content (AvgIpc) is 3.05. The molecule has 6 nitrogen and oxygen atoms in total. The molecule has 0 bridgehead atoms. The van der Waals surface area contributed by atoms with Crippen molar-refractivity contribution in [3.8, 4) is 0 Å². The van der Waals surface area contributed by atoms with Gasteiger partial charge in [0.1, 0.15) is 18.5 Å². The zero-order chi connectivity index (χ0) is 34.6. The van der Waals surface area contributed by atoms with E-state index in [9.17, 15) is 13.2 Å². The smallest absolute Gasteiger partial charge is 0.107 e. The number of nitrogens with zero attached hydrogens (tertiary/aromatic N) is 3. The zero-order valence-corrected chi connectivity index (χ0v) is 31.5. The van der Waals surface area contributed by atoms with Gasteiger partial charge >= 0.3 is 0 Å². The summed E-state index contributed by atoms with van der Waals surface area (Å²) in [7, 11) is 0. The Bertz CT molecular complexity index is 781. The number of piperidine rings is 3. The maximum atomic E-state index is 13.6. The minimum atomic E-state index is -0.666. The standard InChI is InChI=1S/3C13H24FNO/c3*1-10-4-3-6-15(8-10)9-13-11(2)12(14)5-7-16-13/h3*10-13H,3-9H2,1-2H3/t10-,11+,12+,13+;10-,11+,12+,13-;10-,11-,12+,13+/m000/s1. The van der Waals surface area contributed by atoms with Crippen molar-refractivity contribution >= 4 is 0 Å². The highest BCUT2D eigenvalue weighted by atomic mass is 19.1. The van der Waals surface area contributed by atoms with Crippen molar-refractivity contribution in [2.75, 3.05) is 78.7 Å². The Morgan fingerprint density at radius 1 is 0.438 bits per heavy atom. The zero-order valence-electron chi connectivity index (χ0n) is 31.5. The van der Waals surface area contributed by atoms with Crippen molar-refractivity contribution in [2.45, 2.75) is 136 Å². The summed E-state index contributed by atoms with van der Waals surface area (Å²) in [5, 5.41) is 0. The summed E-state index contributed by atoms with van der Waals surface area (Å²) in [5.74, 6) is 2.54. The van der Waals surface area contributed by atoms with Crippen LogP contribution in [0.15, 0.2) is 0 Å². The van der Waals surface area contributed by atoms with E-state index in [0.717, 1.165) is 76.7 Å². The normalized spacial score (nSPS) is 42.2. The molecule has 9 heteroatoms. The second-order valence-corrected chi connectivity index (χ2v) is 16.7. The molecule has 0 aromatic heterocycles. The average molecular weight is 688 g/mol. The number of alkyl halides is 3. The lowest BCUT2D eigenvalue weighted by Gasteiger charge is -2.38. The van der Waals surface area contributed by atoms with Gasteiger partial charge in [0.15, 0.2) is 0 Å². The Kier molecular flexibility index (Phi) is 17.3. The first-order valence-electron chi connectivity index (χ1n) is 19.9. The third-order valence-electron chi connectivity index (χ3n) is 12.2. The number of hydrogen-bond donors (Lipinski definition) is 0. The molecule has 6 saturated heterocycles. The van der Waals surface area contributed by atoms with E-state index in [2.05, 4.69) is 35.5 Å². The fourth-order valence-corrected chi connectivity index (χ4v) is 8.72. The number of ether oxygens (including phenoxy) is 3. The van der Waals surface area contributed by atoms with Gasteiger partial charge in [-0.25, -0.2) is 13.2 Å². The minimum Gasteiger partial charge on any atom is -0.376 e. The van der Waals surface area contributed by atoms with Crippen LogP contribution in [0.4, 0.5) is 13.2 Å². The number of halogens is 3. The molecule has 282 valence electrons. The highest BCUT2D eigenvalue weighted by molar-refractivity contribution is 4.85. The Hall–Kier alpha value is -0.450. The van der Waals surface area contributed by atoms with Gasteiger partial charge in [-0.2, -0.15) is 0 Å². The molecule has 0 spiro atoms. The van der Waals surface area contributed by atoms with Crippen molar-refractivity contribution in [2.24, 2.45) is 35.5 Å². The molecule has 0 aliphatic carbocycles. The minimum absolute atomic E-state index is 0.0611. The monoisotopic (exact) mass is 688 g/mol. The van der Waals surface area contributed by atoms with Crippen LogP contribution in [-0.4, -0.2) is 130 Å². The molecule has 6 rings (SSSR count). The fraction of sp³-hybridized carbons (Fsp3) is 1.00. The Balaban J connectivity index is 0.000000163. The predicted octanol–water partition coefficient (Wildman–Crippen LogP) is 7.44. The molecule has 0 saturated carbocycles. The quantitative estimate of drug-likeness (QED) is 0.289. The van der Waals surface area contributed by atoms with E-state index in [-0.39, 0.29) is 36.1 Å². The first-order chi connectivity index (χ1) is 23.0. The van der Waals surface area contributed by atoms with Crippen LogP contribution in [0.1, 0.15) is 99.3 Å². The van der Waals surface area contributed by atoms with Gasteiger partial charge < -0.3 is 28.9 Å². The Morgan fingerprint density at radius 2 is 0.708 bits per heavy atom. The van der Waals surface area contributed by atoms with E-state index in [4.69, 9.17) is 14.2 Å². The van der Waals surface area contributed by atoms with Gasteiger partial charge in [0, 0.05) is 96.1 Å². The van der Waals surface area contributed by atoms with Crippen molar-refractivity contribution < 1.29 is 27.4 Å². The second kappa shape index (κ2) is 20.6. The number of rotatable bonds is 6. The molecule has 6 aliphatic rings. The lowest BCUT2D eigenvalue weighted by Crippen LogP contribution is -2.46. The van der Waals surface area contributed by atoms with Crippen molar-refractivity contribution in [3.05, 3.63) is 0 Å². The molecule has 6 aliphatic heterocycles. The van der Waals surface area contributed by atoms with Crippen molar-refractivity contribution in [1.29, 1.82) is 0 Å². The fourth-order valence-electron chi connectivity index (χ4n) is 8.72. The van der Waals surface area contributed by atoms with Gasteiger partial charge in [0.25, 0.3) is 0 Å². The first-order valence-corrected chi connectivity index (χ1v) is 19.9. The third kappa shape index (κ3) is 13.0. The van der Waals surface area contributed by atoms with Crippen LogP contribution in [0.3, 0.4) is 0 Å². The van der Waals surface area contributed by atoms with Gasteiger partial charge in [-0.05, 0) is 75.9 Å². The van der Waals surface area contributed by atoms with Crippen LogP contribution in [0.5, 0.6) is 0 Å². The van der Waals surface area contributed by atoms with Gasteiger partial charge in [0.2, 0.25) is 0 Å². The molecule has 0 unspecified atom stereocenters. The van der Waals surface area contributed by atoms with Gasteiger partial charge in [-0.15, -0.1) is 0 Å². The SMILES string of the molecule is C[C@H]1CCCN(C[C@@H]2OCC[C@@H](F)[C@H]2C)C1.C[C@H]1CCCN(C[C@H]2OCC[C@@H](F)[C@@H]2C)C1.C[C@H]1CCCN(C[C@H]2OCC[C@@H](F)[C@H]2C)C1. The summed E-state index contributed by atoms with van der Waals surface area (Å²) in [6.45, 7) is 24.4. The van der Waals surface area contributed by atoms with Crippen LogP contribution in [0, 0.1) is 35.5 Å². The van der Waals surface area contributed by atoms with E-state index >= 15 is 0 Å². The van der Waals surface area contributed by atoms with Crippen LogP contribution in [0.25, 0.3) is 0 Å². The predicted molar refractivity (Wildman–Crippen MR) is 190 cm³/mol. The molecule has 48 heavy (non-hydrogen) atoms. The Labute approximate surface area is 292 Å². The van der Waals surface area contributed by atoms with Crippen molar-refractivity contribution in [3.63, 3.8) is 0 Å². The van der Waals surface area contributed by atoms with E-state index in [1.165, 1.54) is 38.5 Å². The van der Waals surface area contributed by atoms with Gasteiger partial charge in [-0.1, -0.05) is 41.5 Å². The number of hydrogen-bond acceptors (Lipinski definition) is 6. The summed E-state index contributed by atoms with van der Waals surface area (Å²) < 4.78 is 57.8. The van der Waals surface area contributed by atoms with E-state index in [1.807, 2.05) is 20.8 Å². The molecule has 6 fully saturated rings.